The van der Waals surface area contributed by atoms with E-state index in [1.165, 1.54) is 173 Å². The van der Waals surface area contributed by atoms with E-state index in [-0.39, 0.29) is 25.7 Å². The lowest BCUT2D eigenvalue weighted by atomic mass is 10.0. The zero-order chi connectivity index (χ0) is 65.7. The molecule has 0 saturated heterocycles. The maximum Gasteiger partial charge on any atom is 0.472 e. The Balaban J connectivity index is 5.23. The molecule has 17 nitrogen and oxygen atoms in total. The molecule has 0 spiro atoms. The predicted molar refractivity (Wildman–Crippen MR) is 358 cm³/mol. The van der Waals surface area contributed by atoms with Crippen LogP contribution in [-0.2, 0) is 65.4 Å². The van der Waals surface area contributed by atoms with Gasteiger partial charge in [-0.1, -0.05) is 305 Å². The number of aliphatic hydroxyl groups is 1. The minimum atomic E-state index is -4.95. The Kier molecular flexibility index (Phi) is 60.8. The molecule has 0 fully saturated rings. The van der Waals surface area contributed by atoms with Crippen molar-refractivity contribution in [1.29, 1.82) is 0 Å². The van der Waals surface area contributed by atoms with Crippen molar-refractivity contribution in [2.24, 2.45) is 11.8 Å². The Hall–Kier alpha value is -1.94. The third kappa shape index (κ3) is 64.6. The highest BCUT2D eigenvalue weighted by Crippen LogP contribution is 2.45. The van der Waals surface area contributed by atoms with Crippen molar-refractivity contribution in [2.45, 2.75) is 374 Å². The topological polar surface area (TPSA) is 237 Å². The minimum Gasteiger partial charge on any atom is -0.462 e. The number of rotatable bonds is 69. The van der Waals surface area contributed by atoms with Gasteiger partial charge in [0.15, 0.2) is 12.2 Å². The maximum atomic E-state index is 13.0. The number of carbonyl (C=O) groups is 4. The van der Waals surface area contributed by atoms with Crippen molar-refractivity contribution in [3.05, 3.63) is 0 Å². The summed E-state index contributed by atoms with van der Waals surface area (Å²) < 4.78 is 68.2. The quantitative estimate of drug-likeness (QED) is 0.0222. The number of aliphatic hydroxyl groups excluding tert-OH is 1. The Labute approximate surface area is 543 Å². The Morgan fingerprint density at radius 3 is 0.764 bits per heavy atom. The van der Waals surface area contributed by atoms with Crippen LogP contribution >= 0.6 is 15.6 Å². The second kappa shape index (κ2) is 62.2. The normalized spacial score (nSPS) is 14.1. The molecule has 0 heterocycles. The zero-order valence-corrected chi connectivity index (χ0v) is 59.5. The van der Waals surface area contributed by atoms with Crippen LogP contribution in [0.15, 0.2) is 0 Å². The number of phosphoric ester groups is 2. The molecule has 0 saturated carbocycles. The fourth-order valence-electron chi connectivity index (χ4n) is 10.6. The molecule has 528 valence electrons. The molecule has 0 amide bonds. The average Bonchev–Trinajstić information content (AvgIpc) is 3.71. The summed E-state index contributed by atoms with van der Waals surface area (Å²) in [5.41, 5.74) is 0. The van der Waals surface area contributed by atoms with Gasteiger partial charge in [0.25, 0.3) is 0 Å². The van der Waals surface area contributed by atoms with Gasteiger partial charge >= 0.3 is 39.5 Å². The van der Waals surface area contributed by atoms with Crippen LogP contribution in [-0.4, -0.2) is 96.7 Å². The fourth-order valence-corrected chi connectivity index (χ4v) is 12.2. The van der Waals surface area contributed by atoms with Crippen LogP contribution in [0.25, 0.3) is 0 Å². The summed E-state index contributed by atoms with van der Waals surface area (Å²) in [6.45, 7) is 9.54. The van der Waals surface area contributed by atoms with Gasteiger partial charge < -0.3 is 33.8 Å². The molecular weight excluding hydrogens is 1170 g/mol. The molecule has 0 radical (unpaired) electrons. The maximum absolute atomic E-state index is 13.0. The van der Waals surface area contributed by atoms with Crippen LogP contribution in [0.5, 0.6) is 0 Å². The summed E-state index contributed by atoms with van der Waals surface area (Å²) in [6.07, 6.45) is 47.1. The van der Waals surface area contributed by atoms with Crippen molar-refractivity contribution in [3.63, 3.8) is 0 Å². The molecule has 0 rings (SSSR count). The zero-order valence-electron chi connectivity index (χ0n) is 57.7. The third-order valence-corrected chi connectivity index (χ3v) is 18.1. The molecular formula is C70H136O17P2. The van der Waals surface area contributed by atoms with E-state index >= 15 is 0 Å². The van der Waals surface area contributed by atoms with E-state index in [9.17, 15) is 43.2 Å². The molecule has 0 bridgehead atoms. The summed E-state index contributed by atoms with van der Waals surface area (Å²) in [5, 5.41) is 10.6. The van der Waals surface area contributed by atoms with Gasteiger partial charge in [-0.3, -0.25) is 37.3 Å². The predicted octanol–water partition coefficient (Wildman–Crippen LogP) is 20.0. The Bertz CT molecular complexity index is 1730. The Morgan fingerprint density at radius 1 is 0.303 bits per heavy atom. The summed E-state index contributed by atoms with van der Waals surface area (Å²) in [5.74, 6) is -0.579. The molecule has 0 aromatic heterocycles. The second-order valence-electron chi connectivity index (χ2n) is 26.2. The van der Waals surface area contributed by atoms with E-state index in [0.29, 0.717) is 25.7 Å². The highest BCUT2D eigenvalue weighted by molar-refractivity contribution is 7.47. The molecule has 2 unspecified atom stereocenters. The fraction of sp³-hybridized carbons (Fsp3) is 0.943. The first-order valence-electron chi connectivity index (χ1n) is 36.5. The van der Waals surface area contributed by atoms with Crippen LogP contribution in [0.4, 0.5) is 0 Å². The third-order valence-electron chi connectivity index (χ3n) is 16.2. The second-order valence-corrected chi connectivity index (χ2v) is 29.1. The van der Waals surface area contributed by atoms with Crippen molar-refractivity contribution in [1.82, 2.24) is 0 Å². The van der Waals surface area contributed by atoms with E-state index in [0.717, 1.165) is 102 Å². The standard InChI is InChI=1S/C70H136O17P2/c1-7-9-11-13-15-17-21-30-36-42-48-54-69(74)86-65(58-80-67(72)52-46-40-34-26-16-14-12-10-8-2)60-84-88(76,77)82-56-64(71)57-83-89(78,79)85-61-66(59-81-68(73)53-47-41-35-29-25-24-28-33-39-45-51-63(5)6)87-70(75)55-49-43-37-31-23-20-18-19-22-27-32-38-44-50-62(3)4/h62-66,71H,7-61H2,1-6H3,(H,76,77)(H,78,79)/t64-,65+,66+/m0/s1. The molecule has 0 aliphatic rings. The van der Waals surface area contributed by atoms with Crippen molar-refractivity contribution in [3.8, 4) is 0 Å². The molecule has 19 heteroatoms. The number of ether oxygens (including phenoxy) is 4. The van der Waals surface area contributed by atoms with Crippen molar-refractivity contribution >= 4 is 39.5 Å². The SMILES string of the molecule is CCCCCCCCCCCCCC(=O)O[C@H](COC(=O)CCCCCCCCCCC)COP(=O)(O)OC[C@H](O)COP(=O)(O)OC[C@@H](COC(=O)CCCCCCCCCCCCC(C)C)OC(=O)CCCCCCCCCCCCCCCC(C)C. The number of phosphoric acid groups is 2. The highest BCUT2D eigenvalue weighted by Gasteiger charge is 2.30. The monoisotopic (exact) mass is 1310 g/mol. The van der Waals surface area contributed by atoms with Crippen LogP contribution < -0.4 is 0 Å². The van der Waals surface area contributed by atoms with Gasteiger partial charge in [-0.05, 0) is 37.5 Å². The van der Waals surface area contributed by atoms with Gasteiger partial charge in [0.05, 0.1) is 26.4 Å². The number of hydrogen-bond acceptors (Lipinski definition) is 15. The van der Waals surface area contributed by atoms with Gasteiger partial charge in [-0.15, -0.1) is 0 Å². The number of unbranched alkanes of at least 4 members (excludes halogenated alkanes) is 39. The van der Waals surface area contributed by atoms with Crippen molar-refractivity contribution < 1.29 is 80.2 Å². The molecule has 89 heavy (non-hydrogen) atoms. The first-order valence-corrected chi connectivity index (χ1v) is 39.5. The largest absolute Gasteiger partial charge is 0.472 e. The van der Waals surface area contributed by atoms with E-state index in [1.54, 1.807) is 0 Å². The van der Waals surface area contributed by atoms with Gasteiger partial charge in [-0.2, -0.15) is 0 Å². The lowest BCUT2D eigenvalue weighted by molar-refractivity contribution is -0.161. The lowest BCUT2D eigenvalue weighted by Crippen LogP contribution is -2.30. The summed E-state index contributed by atoms with van der Waals surface area (Å²) >= 11 is 0. The smallest absolute Gasteiger partial charge is 0.462 e. The molecule has 5 atom stereocenters. The summed E-state index contributed by atoms with van der Waals surface area (Å²) in [6, 6.07) is 0. The van der Waals surface area contributed by atoms with Crippen LogP contribution in [0, 0.1) is 11.8 Å². The summed E-state index contributed by atoms with van der Waals surface area (Å²) in [4.78, 5) is 72.5. The van der Waals surface area contributed by atoms with E-state index in [2.05, 4.69) is 41.5 Å². The van der Waals surface area contributed by atoms with Crippen molar-refractivity contribution in [2.75, 3.05) is 39.6 Å². The number of hydrogen-bond donors (Lipinski definition) is 3. The molecule has 0 aliphatic carbocycles. The van der Waals surface area contributed by atoms with Gasteiger partial charge in [0.2, 0.25) is 0 Å². The van der Waals surface area contributed by atoms with Gasteiger partial charge in [0, 0.05) is 25.7 Å². The lowest BCUT2D eigenvalue weighted by Gasteiger charge is -2.21. The molecule has 0 aliphatic heterocycles. The summed E-state index contributed by atoms with van der Waals surface area (Å²) in [7, 11) is -9.90. The van der Waals surface area contributed by atoms with Gasteiger partial charge in [-0.25, -0.2) is 9.13 Å². The van der Waals surface area contributed by atoms with Crippen LogP contribution in [0.2, 0.25) is 0 Å². The first-order chi connectivity index (χ1) is 42.9. The van der Waals surface area contributed by atoms with Crippen LogP contribution in [0.3, 0.4) is 0 Å². The first kappa shape index (κ1) is 87.1. The molecule has 3 N–H and O–H groups in total. The Morgan fingerprint density at radius 2 is 0.517 bits per heavy atom. The van der Waals surface area contributed by atoms with E-state index < -0.39 is 97.5 Å². The van der Waals surface area contributed by atoms with E-state index in [1.807, 2.05) is 0 Å². The number of esters is 4. The number of carbonyl (C=O) groups excluding carboxylic acids is 4. The van der Waals surface area contributed by atoms with Gasteiger partial charge in [0.1, 0.15) is 19.3 Å². The minimum absolute atomic E-state index is 0.107. The average molecular weight is 1310 g/mol. The van der Waals surface area contributed by atoms with E-state index in [4.69, 9.17) is 37.0 Å². The molecule has 0 aromatic rings. The molecule has 0 aromatic carbocycles. The van der Waals surface area contributed by atoms with Crippen LogP contribution in [0.1, 0.15) is 356 Å². The highest BCUT2D eigenvalue weighted by atomic mass is 31.2.